The van der Waals surface area contributed by atoms with Crippen molar-refractivity contribution >= 4 is 14.3 Å². The summed E-state index contributed by atoms with van der Waals surface area (Å²) in [5.41, 5.74) is 0. The number of carbonyl (C=O) groups excluding carboxylic acids is 1. The summed E-state index contributed by atoms with van der Waals surface area (Å²) in [5, 5.41) is 9.90. The van der Waals surface area contributed by atoms with Crippen LogP contribution in [0.15, 0.2) is 12.2 Å². The molecular formula is C22H44O3Si. The van der Waals surface area contributed by atoms with Crippen LogP contribution < -0.4 is 0 Å². The normalized spacial score (nSPS) is 14.5. The monoisotopic (exact) mass is 384 g/mol. The van der Waals surface area contributed by atoms with Crippen LogP contribution in [-0.2, 0) is 9.22 Å². The third kappa shape index (κ3) is 16.8. The smallest absolute Gasteiger partial charge is 0.295 e. The van der Waals surface area contributed by atoms with Gasteiger partial charge in [0.25, 0.3) is 5.97 Å². The first kappa shape index (κ1) is 25.4. The average molecular weight is 385 g/mol. The number of hydrogen-bond donors (Lipinski definition) is 1. The maximum atomic E-state index is 11.9. The zero-order valence-corrected chi connectivity index (χ0v) is 19.1. The van der Waals surface area contributed by atoms with E-state index in [0.717, 1.165) is 38.5 Å². The minimum absolute atomic E-state index is 0.0136. The lowest BCUT2D eigenvalue weighted by Gasteiger charge is -2.20. The third-order valence-corrected chi connectivity index (χ3v) is 5.35. The molecule has 4 heteroatoms. The van der Waals surface area contributed by atoms with E-state index in [1.165, 1.54) is 38.5 Å². The van der Waals surface area contributed by atoms with Crippen molar-refractivity contribution in [2.24, 2.45) is 5.92 Å². The van der Waals surface area contributed by atoms with Gasteiger partial charge in [0.2, 0.25) is 8.32 Å². The van der Waals surface area contributed by atoms with Crippen molar-refractivity contribution in [2.45, 2.75) is 117 Å². The molecule has 26 heavy (non-hydrogen) atoms. The Morgan fingerprint density at radius 3 is 2.23 bits per heavy atom. The topological polar surface area (TPSA) is 46.5 Å². The van der Waals surface area contributed by atoms with Crippen LogP contribution >= 0.6 is 0 Å². The van der Waals surface area contributed by atoms with Gasteiger partial charge in [-0.15, -0.1) is 0 Å². The van der Waals surface area contributed by atoms with Gasteiger partial charge in [0, 0.05) is 0 Å². The molecule has 0 aliphatic heterocycles. The minimum atomic E-state index is -1.75. The first-order valence-corrected chi connectivity index (χ1v) is 14.2. The van der Waals surface area contributed by atoms with Gasteiger partial charge < -0.3 is 9.53 Å². The highest BCUT2D eigenvalue weighted by atomic mass is 28.4. The maximum absolute atomic E-state index is 11.9. The SMILES string of the molecule is CCCCCC[C@@H](O)C/C=C\CCCCCCC(C)C(=O)O[Si](C)(C)C. The van der Waals surface area contributed by atoms with Crippen LogP contribution in [0.2, 0.25) is 19.6 Å². The molecule has 3 nitrogen and oxygen atoms in total. The van der Waals surface area contributed by atoms with E-state index in [0.29, 0.717) is 0 Å². The number of rotatable bonds is 16. The molecule has 0 aromatic heterocycles. The van der Waals surface area contributed by atoms with Crippen molar-refractivity contribution in [3.05, 3.63) is 12.2 Å². The van der Waals surface area contributed by atoms with Crippen LogP contribution in [-0.4, -0.2) is 25.5 Å². The molecule has 0 saturated carbocycles. The Hall–Kier alpha value is -0.613. The number of unbranched alkanes of at least 4 members (excludes halogenated alkanes) is 7. The lowest BCUT2D eigenvalue weighted by molar-refractivity contribution is -0.139. The van der Waals surface area contributed by atoms with Gasteiger partial charge in [-0.05, 0) is 51.7 Å². The maximum Gasteiger partial charge on any atom is 0.295 e. The standard InChI is InChI=1S/C22H44O3Si/c1-6-7-8-15-18-21(23)19-16-13-11-9-10-12-14-17-20(2)22(24)25-26(3,4)5/h13,16,20-21,23H,6-12,14-15,17-19H2,1-5H3/b16-13-/t20?,21-/m1/s1. The zero-order chi connectivity index (χ0) is 19.8. The lowest BCUT2D eigenvalue weighted by atomic mass is 10.0. The first-order chi connectivity index (χ1) is 12.3. The van der Waals surface area contributed by atoms with Gasteiger partial charge in [-0.2, -0.15) is 0 Å². The van der Waals surface area contributed by atoms with Gasteiger partial charge in [0.15, 0.2) is 0 Å². The number of allylic oxidation sites excluding steroid dienone is 1. The van der Waals surface area contributed by atoms with Crippen LogP contribution in [0.25, 0.3) is 0 Å². The van der Waals surface area contributed by atoms with Crippen LogP contribution in [0.4, 0.5) is 0 Å². The molecule has 0 heterocycles. The molecule has 0 rings (SSSR count). The summed E-state index contributed by atoms with van der Waals surface area (Å²) < 4.78 is 5.55. The van der Waals surface area contributed by atoms with E-state index < -0.39 is 8.32 Å². The number of hydrogen-bond acceptors (Lipinski definition) is 3. The predicted octanol–water partition coefficient (Wildman–Crippen LogP) is 6.62. The fourth-order valence-electron chi connectivity index (χ4n) is 2.88. The quantitative estimate of drug-likeness (QED) is 0.185. The number of carbonyl (C=O) groups is 1. The lowest BCUT2D eigenvalue weighted by Crippen LogP contribution is -2.32. The molecule has 1 N–H and O–H groups in total. The summed E-state index contributed by atoms with van der Waals surface area (Å²) in [7, 11) is -1.75. The molecule has 0 fully saturated rings. The Bertz CT molecular complexity index is 374. The first-order valence-electron chi connectivity index (χ1n) is 10.8. The molecule has 1 unspecified atom stereocenters. The van der Waals surface area contributed by atoms with Crippen molar-refractivity contribution in [1.82, 2.24) is 0 Å². The van der Waals surface area contributed by atoms with Crippen LogP contribution in [0, 0.1) is 5.92 Å². The summed E-state index contributed by atoms with van der Waals surface area (Å²) in [6.45, 7) is 10.4. The molecule has 0 aliphatic rings. The van der Waals surface area contributed by atoms with Crippen LogP contribution in [0.1, 0.15) is 90.9 Å². The molecule has 0 radical (unpaired) electrons. The summed E-state index contributed by atoms with van der Waals surface area (Å²) in [5.74, 6) is 0.0146. The minimum Gasteiger partial charge on any atom is -0.520 e. The molecule has 154 valence electrons. The average Bonchev–Trinajstić information content (AvgIpc) is 2.55. The van der Waals surface area contributed by atoms with Crippen molar-refractivity contribution in [2.75, 3.05) is 0 Å². The molecule has 0 aromatic carbocycles. The van der Waals surface area contributed by atoms with Crippen LogP contribution in [0.5, 0.6) is 0 Å². The fourth-order valence-corrected chi connectivity index (χ4v) is 3.69. The second kappa shape index (κ2) is 15.4. The van der Waals surface area contributed by atoms with Gasteiger partial charge in [-0.25, -0.2) is 0 Å². The Kier molecular flexibility index (Phi) is 15.1. The molecule has 0 saturated heterocycles. The van der Waals surface area contributed by atoms with Crippen molar-refractivity contribution in [3.8, 4) is 0 Å². The molecule has 2 atom stereocenters. The van der Waals surface area contributed by atoms with E-state index in [9.17, 15) is 9.90 Å². The van der Waals surface area contributed by atoms with E-state index in [4.69, 9.17) is 4.43 Å². The Labute approximate surface area is 163 Å². The van der Waals surface area contributed by atoms with E-state index in [1.807, 2.05) is 6.92 Å². The fraction of sp³-hybridized carbons (Fsp3) is 0.864. The van der Waals surface area contributed by atoms with Crippen molar-refractivity contribution in [3.63, 3.8) is 0 Å². The van der Waals surface area contributed by atoms with E-state index in [1.54, 1.807) is 0 Å². The molecule has 0 aromatic rings. The van der Waals surface area contributed by atoms with Gasteiger partial charge >= 0.3 is 0 Å². The highest BCUT2D eigenvalue weighted by Crippen LogP contribution is 2.16. The van der Waals surface area contributed by atoms with Gasteiger partial charge in [0.1, 0.15) is 0 Å². The van der Waals surface area contributed by atoms with E-state index in [2.05, 4.69) is 38.7 Å². The largest absolute Gasteiger partial charge is 0.520 e. The Balaban J connectivity index is 3.53. The summed E-state index contributed by atoms with van der Waals surface area (Å²) in [4.78, 5) is 11.9. The van der Waals surface area contributed by atoms with Crippen molar-refractivity contribution in [1.29, 1.82) is 0 Å². The van der Waals surface area contributed by atoms with E-state index >= 15 is 0 Å². The van der Waals surface area contributed by atoms with Gasteiger partial charge in [0.05, 0.1) is 12.0 Å². The predicted molar refractivity (Wildman–Crippen MR) is 115 cm³/mol. The molecular weight excluding hydrogens is 340 g/mol. The second-order valence-corrected chi connectivity index (χ2v) is 13.1. The number of aliphatic hydroxyl groups is 1. The highest BCUT2D eigenvalue weighted by Gasteiger charge is 2.23. The summed E-state index contributed by atoms with van der Waals surface area (Å²) in [6, 6.07) is 0. The zero-order valence-electron chi connectivity index (χ0n) is 18.1. The molecule has 0 spiro atoms. The Morgan fingerprint density at radius 2 is 1.58 bits per heavy atom. The molecule has 0 bridgehead atoms. The van der Waals surface area contributed by atoms with Gasteiger partial charge in [-0.3, -0.25) is 4.79 Å². The highest BCUT2D eigenvalue weighted by molar-refractivity contribution is 6.71. The molecule has 0 amide bonds. The van der Waals surface area contributed by atoms with Crippen LogP contribution in [0.3, 0.4) is 0 Å². The number of aliphatic hydroxyl groups excluding tert-OH is 1. The van der Waals surface area contributed by atoms with E-state index in [-0.39, 0.29) is 18.0 Å². The third-order valence-electron chi connectivity index (χ3n) is 4.53. The molecule has 0 aliphatic carbocycles. The van der Waals surface area contributed by atoms with Crippen molar-refractivity contribution < 1.29 is 14.3 Å². The van der Waals surface area contributed by atoms with Gasteiger partial charge in [-0.1, -0.05) is 70.9 Å². The summed E-state index contributed by atoms with van der Waals surface area (Å²) in [6.07, 6.45) is 17.5. The Morgan fingerprint density at radius 1 is 0.962 bits per heavy atom. The summed E-state index contributed by atoms with van der Waals surface area (Å²) >= 11 is 0. The second-order valence-electron chi connectivity index (χ2n) is 8.64.